The van der Waals surface area contributed by atoms with Gasteiger partial charge in [-0.25, -0.2) is 4.98 Å². The van der Waals surface area contributed by atoms with Crippen LogP contribution < -0.4 is 16.5 Å². The fourth-order valence-corrected chi connectivity index (χ4v) is 2.56. The highest BCUT2D eigenvalue weighted by atomic mass is 16.7. The SMILES string of the molecule is N/N=C(/N)c1cncc(N2CCC3(CC2)OCCO3)n1. The lowest BCUT2D eigenvalue weighted by molar-refractivity contribution is -0.169. The van der Waals surface area contributed by atoms with Crippen molar-refractivity contribution < 1.29 is 9.47 Å². The van der Waals surface area contributed by atoms with Crippen molar-refractivity contribution in [1.29, 1.82) is 0 Å². The lowest BCUT2D eigenvalue weighted by atomic mass is 10.0. The van der Waals surface area contributed by atoms with E-state index in [2.05, 4.69) is 20.0 Å². The largest absolute Gasteiger partial charge is 0.380 e. The topological polar surface area (TPSA) is 112 Å². The second-order valence-electron chi connectivity index (χ2n) is 4.87. The smallest absolute Gasteiger partial charge is 0.171 e. The first-order valence-electron chi connectivity index (χ1n) is 6.61. The average Bonchev–Trinajstić information content (AvgIpc) is 2.95. The van der Waals surface area contributed by atoms with Crippen molar-refractivity contribution in [2.75, 3.05) is 31.2 Å². The molecular formula is C12H18N6O2. The van der Waals surface area contributed by atoms with E-state index in [1.165, 1.54) is 0 Å². The third-order valence-corrected chi connectivity index (χ3v) is 3.69. The number of nitrogens with zero attached hydrogens (tertiary/aromatic N) is 4. The van der Waals surface area contributed by atoms with Crippen molar-refractivity contribution in [2.45, 2.75) is 18.6 Å². The molecule has 2 fully saturated rings. The van der Waals surface area contributed by atoms with Crippen molar-refractivity contribution in [3.63, 3.8) is 0 Å². The molecule has 108 valence electrons. The molecule has 4 N–H and O–H groups in total. The number of amidine groups is 1. The van der Waals surface area contributed by atoms with Gasteiger partial charge in [0.25, 0.3) is 0 Å². The Morgan fingerprint density at radius 3 is 2.60 bits per heavy atom. The fraction of sp³-hybridized carbons (Fsp3) is 0.583. The molecule has 8 heteroatoms. The highest BCUT2D eigenvalue weighted by molar-refractivity contribution is 5.95. The number of ether oxygens (including phenoxy) is 2. The first-order chi connectivity index (χ1) is 9.72. The summed E-state index contributed by atoms with van der Waals surface area (Å²) >= 11 is 0. The molecule has 3 heterocycles. The molecule has 1 aromatic heterocycles. The molecule has 0 aliphatic carbocycles. The summed E-state index contributed by atoms with van der Waals surface area (Å²) in [5, 5.41) is 3.44. The molecule has 0 bridgehead atoms. The molecule has 0 aromatic carbocycles. The standard InChI is InChI=1S/C12H18N6O2/c13-11(17-14)9-7-15-8-10(16-9)18-3-1-12(2-4-18)19-5-6-20-12/h7-8H,1-6,14H2,(H2,13,17). The summed E-state index contributed by atoms with van der Waals surface area (Å²) in [7, 11) is 0. The summed E-state index contributed by atoms with van der Waals surface area (Å²) in [6.45, 7) is 2.97. The summed E-state index contributed by atoms with van der Waals surface area (Å²) < 4.78 is 11.4. The van der Waals surface area contributed by atoms with Crippen LogP contribution in [0.3, 0.4) is 0 Å². The van der Waals surface area contributed by atoms with E-state index in [-0.39, 0.29) is 11.6 Å². The Labute approximate surface area is 116 Å². The molecule has 0 unspecified atom stereocenters. The fourth-order valence-electron chi connectivity index (χ4n) is 2.56. The van der Waals surface area contributed by atoms with E-state index in [1.54, 1.807) is 12.4 Å². The normalized spacial score (nSPS) is 22.4. The monoisotopic (exact) mass is 278 g/mol. The zero-order chi connectivity index (χ0) is 14.0. The molecule has 0 atom stereocenters. The van der Waals surface area contributed by atoms with Crippen LogP contribution in [0.25, 0.3) is 0 Å². The van der Waals surface area contributed by atoms with E-state index in [4.69, 9.17) is 21.1 Å². The van der Waals surface area contributed by atoms with Crippen molar-refractivity contribution in [3.05, 3.63) is 18.1 Å². The van der Waals surface area contributed by atoms with Gasteiger partial charge in [0, 0.05) is 25.9 Å². The molecule has 2 aliphatic rings. The Morgan fingerprint density at radius 1 is 1.25 bits per heavy atom. The van der Waals surface area contributed by atoms with Gasteiger partial charge in [0.1, 0.15) is 11.5 Å². The van der Waals surface area contributed by atoms with Crippen molar-refractivity contribution in [2.24, 2.45) is 16.7 Å². The first kappa shape index (κ1) is 13.1. The van der Waals surface area contributed by atoms with Gasteiger partial charge in [-0.2, -0.15) is 5.10 Å². The zero-order valence-electron chi connectivity index (χ0n) is 11.2. The van der Waals surface area contributed by atoms with Crippen LogP contribution >= 0.6 is 0 Å². The second kappa shape index (κ2) is 5.22. The Balaban J connectivity index is 1.71. The van der Waals surface area contributed by atoms with Gasteiger partial charge in [0.15, 0.2) is 11.6 Å². The minimum atomic E-state index is -0.390. The molecule has 0 amide bonds. The molecule has 3 rings (SSSR count). The van der Waals surface area contributed by atoms with E-state index < -0.39 is 0 Å². The number of rotatable bonds is 2. The number of hydrogen-bond donors (Lipinski definition) is 2. The Kier molecular flexibility index (Phi) is 3.41. The third kappa shape index (κ3) is 2.39. The molecule has 1 aromatic rings. The van der Waals surface area contributed by atoms with Gasteiger partial charge in [-0.05, 0) is 0 Å². The highest BCUT2D eigenvalue weighted by Crippen LogP contribution is 2.32. The van der Waals surface area contributed by atoms with E-state index in [0.29, 0.717) is 18.9 Å². The van der Waals surface area contributed by atoms with Gasteiger partial charge < -0.3 is 25.9 Å². The number of hydrogen-bond acceptors (Lipinski definition) is 7. The maximum atomic E-state index is 5.70. The lowest BCUT2D eigenvalue weighted by Gasteiger charge is -2.38. The van der Waals surface area contributed by atoms with Gasteiger partial charge >= 0.3 is 0 Å². The van der Waals surface area contributed by atoms with Crippen LogP contribution in [0.4, 0.5) is 5.82 Å². The summed E-state index contributed by atoms with van der Waals surface area (Å²) in [6, 6.07) is 0. The number of anilines is 1. The zero-order valence-corrected chi connectivity index (χ0v) is 11.2. The molecule has 2 saturated heterocycles. The maximum Gasteiger partial charge on any atom is 0.171 e. The average molecular weight is 278 g/mol. The van der Waals surface area contributed by atoms with Crippen LogP contribution in [0, 0.1) is 0 Å². The van der Waals surface area contributed by atoms with E-state index in [0.717, 1.165) is 31.7 Å². The number of nitrogens with two attached hydrogens (primary N) is 2. The van der Waals surface area contributed by atoms with Gasteiger partial charge in [-0.15, -0.1) is 0 Å². The Hall–Kier alpha value is -1.93. The van der Waals surface area contributed by atoms with E-state index in [9.17, 15) is 0 Å². The van der Waals surface area contributed by atoms with Crippen molar-refractivity contribution >= 4 is 11.7 Å². The molecule has 0 saturated carbocycles. The number of hydrazone groups is 1. The number of piperidine rings is 1. The minimum absolute atomic E-state index is 0.176. The van der Waals surface area contributed by atoms with Crippen LogP contribution in [0.1, 0.15) is 18.5 Å². The first-order valence-corrected chi connectivity index (χ1v) is 6.61. The predicted octanol–water partition coefficient (Wildman–Crippen LogP) is -0.601. The van der Waals surface area contributed by atoms with E-state index >= 15 is 0 Å². The molecule has 1 spiro atoms. The van der Waals surface area contributed by atoms with Gasteiger partial charge in [0.2, 0.25) is 0 Å². The van der Waals surface area contributed by atoms with E-state index in [1.807, 2.05) is 0 Å². The second-order valence-corrected chi connectivity index (χ2v) is 4.87. The van der Waals surface area contributed by atoms with Gasteiger partial charge in [-0.1, -0.05) is 0 Å². The molecular weight excluding hydrogens is 260 g/mol. The van der Waals surface area contributed by atoms with Crippen molar-refractivity contribution in [3.8, 4) is 0 Å². The summed E-state index contributed by atoms with van der Waals surface area (Å²) in [6.07, 6.45) is 4.89. The maximum absolute atomic E-state index is 5.70. The van der Waals surface area contributed by atoms with Gasteiger partial charge in [-0.3, -0.25) is 4.98 Å². The van der Waals surface area contributed by atoms with Crippen LogP contribution in [-0.2, 0) is 9.47 Å². The highest BCUT2D eigenvalue weighted by Gasteiger charge is 2.40. The Bertz CT molecular complexity index is 504. The Morgan fingerprint density at radius 2 is 1.95 bits per heavy atom. The van der Waals surface area contributed by atoms with Crippen LogP contribution in [-0.4, -0.2) is 47.9 Å². The van der Waals surface area contributed by atoms with Crippen LogP contribution in [0.2, 0.25) is 0 Å². The molecule has 20 heavy (non-hydrogen) atoms. The quantitative estimate of drug-likeness (QED) is 0.321. The summed E-state index contributed by atoms with van der Waals surface area (Å²) in [4.78, 5) is 10.7. The minimum Gasteiger partial charge on any atom is -0.380 e. The summed E-state index contributed by atoms with van der Waals surface area (Å²) in [5.74, 6) is 5.71. The molecule has 8 nitrogen and oxygen atoms in total. The molecule has 2 aliphatic heterocycles. The third-order valence-electron chi connectivity index (χ3n) is 3.69. The summed E-state index contributed by atoms with van der Waals surface area (Å²) in [5.41, 5.74) is 6.14. The van der Waals surface area contributed by atoms with Gasteiger partial charge in [0.05, 0.1) is 25.6 Å². The van der Waals surface area contributed by atoms with Crippen LogP contribution in [0.15, 0.2) is 17.5 Å². The predicted molar refractivity (Wildman–Crippen MR) is 73.0 cm³/mol. The molecule has 0 radical (unpaired) electrons. The van der Waals surface area contributed by atoms with Crippen molar-refractivity contribution in [1.82, 2.24) is 9.97 Å². The van der Waals surface area contributed by atoms with Crippen LogP contribution in [0.5, 0.6) is 0 Å². The lowest BCUT2D eigenvalue weighted by Crippen LogP contribution is -2.45. The number of aromatic nitrogens is 2.